The van der Waals surface area contributed by atoms with Gasteiger partial charge >= 0.3 is 6.03 Å². The van der Waals surface area contributed by atoms with Gasteiger partial charge in [-0.25, -0.2) is 13.6 Å². The van der Waals surface area contributed by atoms with Crippen LogP contribution in [-0.2, 0) is 0 Å². The number of carbonyl (C=O) groups excluding carboxylic acids is 1. The van der Waals surface area contributed by atoms with Crippen molar-refractivity contribution >= 4 is 6.03 Å². The zero-order chi connectivity index (χ0) is 17.6. The molecule has 0 radical (unpaired) electrons. The quantitative estimate of drug-likeness (QED) is 0.833. The SMILES string of the molecule is COc1cc([C@@H](C)NC(=O)N(C)CC(F)F)ccc1OC(C)C. The number of urea groups is 1. The highest BCUT2D eigenvalue weighted by Crippen LogP contribution is 2.31. The zero-order valence-corrected chi connectivity index (χ0v) is 14.1. The van der Waals surface area contributed by atoms with E-state index in [1.807, 2.05) is 13.8 Å². The van der Waals surface area contributed by atoms with E-state index >= 15 is 0 Å². The number of hydrogen-bond acceptors (Lipinski definition) is 3. The number of hydrogen-bond donors (Lipinski definition) is 1. The van der Waals surface area contributed by atoms with Crippen molar-refractivity contribution in [2.75, 3.05) is 20.7 Å². The molecule has 2 amide bonds. The second-order valence-corrected chi connectivity index (χ2v) is 5.52. The number of rotatable bonds is 7. The molecule has 0 aromatic heterocycles. The van der Waals surface area contributed by atoms with Crippen molar-refractivity contribution in [3.05, 3.63) is 23.8 Å². The molecule has 130 valence electrons. The molecule has 1 aromatic carbocycles. The Morgan fingerprint density at radius 1 is 1.26 bits per heavy atom. The van der Waals surface area contributed by atoms with E-state index < -0.39 is 19.0 Å². The summed E-state index contributed by atoms with van der Waals surface area (Å²) in [7, 11) is 2.86. The maximum absolute atomic E-state index is 12.3. The zero-order valence-electron chi connectivity index (χ0n) is 14.1. The molecule has 0 aliphatic heterocycles. The number of halogens is 2. The predicted molar refractivity (Wildman–Crippen MR) is 84.3 cm³/mol. The molecule has 0 spiro atoms. The van der Waals surface area contributed by atoms with Crippen LogP contribution in [0.2, 0.25) is 0 Å². The van der Waals surface area contributed by atoms with Gasteiger partial charge in [0, 0.05) is 7.05 Å². The second-order valence-electron chi connectivity index (χ2n) is 5.52. The number of benzene rings is 1. The van der Waals surface area contributed by atoms with E-state index in [0.29, 0.717) is 11.5 Å². The number of alkyl halides is 2. The van der Waals surface area contributed by atoms with Gasteiger partial charge in [-0.2, -0.15) is 0 Å². The minimum atomic E-state index is -2.56. The number of amides is 2. The van der Waals surface area contributed by atoms with Gasteiger partial charge < -0.3 is 19.7 Å². The molecule has 0 aliphatic carbocycles. The Morgan fingerprint density at radius 3 is 2.43 bits per heavy atom. The summed E-state index contributed by atoms with van der Waals surface area (Å²) in [5.74, 6) is 1.16. The molecule has 5 nitrogen and oxygen atoms in total. The maximum Gasteiger partial charge on any atom is 0.317 e. The molecule has 23 heavy (non-hydrogen) atoms. The molecule has 1 atom stereocenters. The van der Waals surface area contributed by atoms with Crippen molar-refractivity contribution in [3.8, 4) is 11.5 Å². The number of ether oxygens (including phenoxy) is 2. The van der Waals surface area contributed by atoms with E-state index in [0.717, 1.165) is 10.5 Å². The van der Waals surface area contributed by atoms with Gasteiger partial charge in [0.1, 0.15) is 0 Å². The summed E-state index contributed by atoms with van der Waals surface area (Å²) < 4.78 is 35.5. The molecule has 0 aliphatic rings. The monoisotopic (exact) mass is 330 g/mol. The molecule has 1 N–H and O–H groups in total. The fraction of sp³-hybridized carbons (Fsp3) is 0.562. The van der Waals surface area contributed by atoms with Gasteiger partial charge in [-0.05, 0) is 38.5 Å². The lowest BCUT2D eigenvalue weighted by Crippen LogP contribution is -2.40. The summed E-state index contributed by atoms with van der Waals surface area (Å²) in [5.41, 5.74) is 0.789. The molecule has 7 heteroatoms. The first-order valence-electron chi connectivity index (χ1n) is 7.39. The lowest BCUT2D eigenvalue weighted by molar-refractivity contribution is 0.107. The van der Waals surface area contributed by atoms with E-state index in [9.17, 15) is 13.6 Å². The summed E-state index contributed by atoms with van der Waals surface area (Å²) in [4.78, 5) is 12.8. The topological polar surface area (TPSA) is 50.8 Å². The molecule has 0 unspecified atom stereocenters. The fourth-order valence-corrected chi connectivity index (χ4v) is 1.97. The van der Waals surface area contributed by atoms with Crippen LogP contribution in [0.3, 0.4) is 0 Å². The van der Waals surface area contributed by atoms with Crippen molar-refractivity contribution in [2.24, 2.45) is 0 Å². The van der Waals surface area contributed by atoms with Crippen LogP contribution in [0.5, 0.6) is 11.5 Å². The van der Waals surface area contributed by atoms with E-state index in [-0.39, 0.29) is 12.1 Å². The van der Waals surface area contributed by atoms with Crippen molar-refractivity contribution in [2.45, 2.75) is 39.3 Å². The van der Waals surface area contributed by atoms with Crippen LogP contribution in [0.4, 0.5) is 13.6 Å². The van der Waals surface area contributed by atoms with Crippen molar-refractivity contribution in [3.63, 3.8) is 0 Å². The third kappa shape index (κ3) is 5.92. The lowest BCUT2D eigenvalue weighted by Gasteiger charge is -2.22. The van der Waals surface area contributed by atoms with Crippen molar-refractivity contribution in [1.82, 2.24) is 10.2 Å². The van der Waals surface area contributed by atoms with E-state index in [4.69, 9.17) is 9.47 Å². The van der Waals surface area contributed by atoms with E-state index in [1.54, 1.807) is 25.1 Å². The van der Waals surface area contributed by atoms with Crippen LogP contribution in [0.25, 0.3) is 0 Å². The normalized spacial score (nSPS) is 12.2. The molecular formula is C16H24F2N2O3. The van der Waals surface area contributed by atoms with Gasteiger partial charge in [-0.1, -0.05) is 6.07 Å². The number of carbonyl (C=O) groups is 1. The minimum Gasteiger partial charge on any atom is -0.493 e. The molecule has 0 heterocycles. The third-order valence-electron chi connectivity index (χ3n) is 3.15. The van der Waals surface area contributed by atoms with Gasteiger partial charge in [0.05, 0.1) is 25.8 Å². The number of nitrogens with zero attached hydrogens (tertiary/aromatic N) is 1. The van der Waals surface area contributed by atoms with Crippen LogP contribution in [-0.4, -0.2) is 44.2 Å². The molecule has 0 fully saturated rings. The highest BCUT2D eigenvalue weighted by molar-refractivity contribution is 5.74. The molecule has 0 bridgehead atoms. The summed E-state index contributed by atoms with van der Waals surface area (Å²) in [6.45, 7) is 4.99. The lowest BCUT2D eigenvalue weighted by atomic mass is 10.1. The summed E-state index contributed by atoms with van der Waals surface area (Å²) in [6.07, 6.45) is -2.55. The predicted octanol–water partition coefficient (Wildman–Crippen LogP) is 3.45. The Balaban J connectivity index is 2.80. The number of nitrogens with one attached hydrogen (secondary N) is 1. The van der Waals surface area contributed by atoms with Crippen LogP contribution in [0.1, 0.15) is 32.4 Å². The first-order chi connectivity index (χ1) is 10.7. The Kier molecular flexibility index (Phi) is 7.06. The summed E-state index contributed by atoms with van der Waals surface area (Å²) in [5, 5.41) is 2.67. The van der Waals surface area contributed by atoms with Crippen molar-refractivity contribution in [1.29, 1.82) is 0 Å². The van der Waals surface area contributed by atoms with Gasteiger partial charge in [-0.3, -0.25) is 0 Å². The van der Waals surface area contributed by atoms with E-state index in [1.165, 1.54) is 14.2 Å². The van der Waals surface area contributed by atoms with Crippen LogP contribution < -0.4 is 14.8 Å². The minimum absolute atomic E-state index is 0.00914. The van der Waals surface area contributed by atoms with Crippen LogP contribution in [0.15, 0.2) is 18.2 Å². The van der Waals surface area contributed by atoms with Crippen LogP contribution in [0, 0.1) is 0 Å². The van der Waals surface area contributed by atoms with Crippen LogP contribution >= 0.6 is 0 Å². The number of methoxy groups -OCH3 is 1. The molecule has 0 saturated carbocycles. The second kappa shape index (κ2) is 8.55. The first kappa shape index (κ1) is 19.0. The Morgan fingerprint density at radius 2 is 1.91 bits per heavy atom. The van der Waals surface area contributed by atoms with E-state index in [2.05, 4.69) is 5.32 Å². The van der Waals surface area contributed by atoms with Gasteiger partial charge in [0.25, 0.3) is 6.43 Å². The average molecular weight is 330 g/mol. The molecule has 0 saturated heterocycles. The highest BCUT2D eigenvalue weighted by atomic mass is 19.3. The molecular weight excluding hydrogens is 306 g/mol. The standard InChI is InChI=1S/C16H24F2N2O3/c1-10(2)23-13-7-6-12(8-14(13)22-5)11(3)19-16(21)20(4)9-15(17)18/h6-8,10-11,15H,9H2,1-5H3,(H,19,21)/t11-/m1/s1. The van der Waals surface area contributed by atoms with Gasteiger partial charge in [0.2, 0.25) is 0 Å². The Labute approximate surface area is 135 Å². The highest BCUT2D eigenvalue weighted by Gasteiger charge is 2.18. The Bertz CT molecular complexity index is 524. The van der Waals surface area contributed by atoms with Crippen molar-refractivity contribution < 1.29 is 23.0 Å². The van der Waals surface area contributed by atoms with Gasteiger partial charge in [-0.15, -0.1) is 0 Å². The third-order valence-corrected chi connectivity index (χ3v) is 3.15. The maximum atomic E-state index is 12.3. The summed E-state index contributed by atoms with van der Waals surface area (Å²) in [6, 6.07) is 4.41. The molecule has 1 aromatic rings. The Hall–Kier alpha value is -2.05. The fourth-order valence-electron chi connectivity index (χ4n) is 1.97. The smallest absolute Gasteiger partial charge is 0.317 e. The summed E-state index contributed by atoms with van der Waals surface area (Å²) >= 11 is 0. The van der Waals surface area contributed by atoms with Gasteiger partial charge in [0.15, 0.2) is 11.5 Å². The molecule has 1 rings (SSSR count). The first-order valence-corrected chi connectivity index (χ1v) is 7.39. The average Bonchev–Trinajstić information content (AvgIpc) is 2.46. The largest absolute Gasteiger partial charge is 0.493 e.